The third-order valence-corrected chi connectivity index (χ3v) is 2.65. The Kier molecular flexibility index (Phi) is 4.78. The van der Waals surface area contributed by atoms with E-state index in [0.29, 0.717) is 23.7 Å². The number of benzene rings is 2. The van der Waals surface area contributed by atoms with Gasteiger partial charge in [-0.2, -0.15) is 5.26 Å². The lowest BCUT2D eigenvalue weighted by Gasteiger charge is -2.09. The van der Waals surface area contributed by atoms with Crippen molar-refractivity contribution >= 4 is 5.91 Å². The second kappa shape index (κ2) is 6.96. The maximum atomic E-state index is 10.7. The molecule has 106 valence electrons. The van der Waals surface area contributed by atoms with Crippen LogP contribution in [0.1, 0.15) is 11.1 Å². The predicted octanol–water partition coefficient (Wildman–Crippen LogP) is 2.00. The third kappa shape index (κ3) is 4.55. The van der Waals surface area contributed by atoms with Crippen molar-refractivity contribution in [2.75, 3.05) is 6.61 Å². The van der Waals surface area contributed by atoms with Crippen LogP contribution >= 0.6 is 0 Å². The van der Waals surface area contributed by atoms with Crippen molar-refractivity contribution in [2.24, 2.45) is 5.73 Å². The molecule has 2 aromatic carbocycles. The minimum atomic E-state index is -0.533. The number of primary amides is 1. The minimum absolute atomic E-state index is 0.173. The van der Waals surface area contributed by atoms with E-state index in [1.165, 1.54) is 0 Å². The average Bonchev–Trinajstić information content (AvgIpc) is 2.51. The SMILES string of the molecule is N#Cc1cccc(COc2cccc(OCC(N)=O)c2)c1. The van der Waals surface area contributed by atoms with Crippen LogP contribution in [0.2, 0.25) is 0 Å². The van der Waals surface area contributed by atoms with Crippen LogP contribution in [0.5, 0.6) is 11.5 Å². The highest BCUT2D eigenvalue weighted by Gasteiger charge is 2.01. The molecule has 2 aromatic rings. The molecule has 0 aliphatic heterocycles. The summed E-state index contributed by atoms with van der Waals surface area (Å²) in [5, 5.41) is 8.84. The molecule has 21 heavy (non-hydrogen) atoms. The number of hydrogen-bond donors (Lipinski definition) is 1. The molecular weight excluding hydrogens is 268 g/mol. The molecule has 0 heterocycles. The molecule has 0 radical (unpaired) electrons. The van der Waals surface area contributed by atoms with Crippen LogP contribution < -0.4 is 15.2 Å². The molecule has 0 aliphatic carbocycles. The first-order chi connectivity index (χ1) is 10.2. The summed E-state index contributed by atoms with van der Waals surface area (Å²) in [6.45, 7) is 0.169. The second-order valence-corrected chi connectivity index (χ2v) is 4.33. The smallest absolute Gasteiger partial charge is 0.255 e. The summed E-state index contributed by atoms with van der Waals surface area (Å²) in [6.07, 6.45) is 0. The van der Waals surface area contributed by atoms with Gasteiger partial charge in [0, 0.05) is 6.07 Å². The van der Waals surface area contributed by atoms with Gasteiger partial charge in [-0.15, -0.1) is 0 Å². The Morgan fingerprint density at radius 2 is 1.81 bits per heavy atom. The van der Waals surface area contributed by atoms with E-state index in [-0.39, 0.29) is 6.61 Å². The van der Waals surface area contributed by atoms with Gasteiger partial charge in [0.25, 0.3) is 5.91 Å². The topological polar surface area (TPSA) is 85.3 Å². The number of nitrogens with zero attached hydrogens (tertiary/aromatic N) is 1. The molecule has 0 unspecified atom stereocenters. The van der Waals surface area contributed by atoms with Gasteiger partial charge in [-0.1, -0.05) is 18.2 Å². The van der Waals surface area contributed by atoms with Crippen molar-refractivity contribution in [3.63, 3.8) is 0 Å². The Balaban J connectivity index is 1.98. The molecule has 0 aliphatic rings. The number of amides is 1. The molecule has 2 N–H and O–H groups in total. The number of carbonyl (C=O) groups excluding carboxylic acids is 1. The molecule has 0 bridgehead atoms. The zero-order valence-electron chi connectivity index (χ0n) is 11.3. The van der Waals surface area contributed by atoms with E-state index in [1.54, 1.807) is 36.4 Å². The Morgan fingerprint density at radius 1 is 1.10 bits per heavy atom. The van der Waals surface area contributed by atoms with Crippen molar-refractivity contribution < 1.29 is 14.3 Å². The summed E-state index contributed by atoms with van der Waals surface area (Å²) in [4.78, 5) is 10.7. The largest absolute Gasteiger partial charge is 0.489 e. The second-order valence-electron chi connectivity index (χ2n) is 4.33. The van der Waals surface area contributed by atoms with E-state index in [4.69, 9.17) is 20.5 Å². The van der Waals surface area contributed by atoms with Crippen LogP contribution in [0.25, 0.3) is 0 Å². The molecule has 0 saturated carbocycles. The maximum absolute atomic E-state index is 10.7. The molecule has 0 atom stereocenters. The van der Waals surface area contributed by atoms with Crippen LogP contribution in [-0.4, -0.2) is 12.5 Å². The van der Waals surface area contributed by atoms with Crippen LogP contribution in [0.3, 0.4) is 0 Å². The first-order valence-corrected chi connectivity index (χ1v) is 6.30. The molecule has 2 rings (SSSR count). The van der Waals surface area contributed by atoms with Gasteiger partial charge in [0.2, 0.25) is 0 Å². The van der Waals surface area contributed by atoms with Gasteiger partial charge < -0.3 is 15.2 Å². The fourth-order valence-corrected chi connectivity index (χ4v) is 1.71. The van der Waals surface area contributed by atoms with E-state index in [2.05, 4.69) is 6.07 Å². The number of nitriles is 1. The van der Waals surface area contributed by atoms with E-state index in [0.717, 1.165) is 5.56 Å². The first kappa shape index (κ1) is 14.4. The number of nitrogens with two attached hydrogens (primary N) is 1. The summed E-state index contributed by atoms with van der Waals surface area (Å²) in [5.41, 5.74) is 6.51. The molecular formula is C16H14N2O3. The van der Waals surface area contributed by atoms with Crippen molar-refractivity contribution in [3.8, 4) is 17.6 Å². The number of rotatable bonds is 6. The van der Waals surface area contributed by atoms with E-state index >= 15 is 0 Å². The van der Waals surface area contributed by atoms with Crippen molar-refractivity contribution in [1.82, 2.24) is 0 Å². The van der Waals surface area contributed by atoms with E-state index in [1.807, 2.05) is 12.1 Å². The molecule has 5 heteroatoms. The standard InChI is InChI=1S/C16H14N2O3/c17-9-12-3-1-4-13(7-12)10-20-14-5-2-6-15(8-14)21-11-16(18)19/h1-8H,10-11H2,(H2,18,19). The molecule has 1 amide bonds. The van der Waals surface area contributed by atoms with Crippen LogP contribution in [0.4, 0.5) is 0 Å². The van der Waals surface area contributed by atoms with Crippen LogP contribution in [-0.2, 0) is 11.4 Å². The van der Waals surface area contributed by atoms with Crippen molar-refractivity contribution in [3.05, 3.63) is 59.7 Å². The third-order valence-electron chi connectivity index (χ3n) is 2.65. The Bertz CT molecular complexity index is 677. The minimum Gasteiger partial charge on any atom is -0.489 e. The quantitative estimate of drug-likeness (QED) is 0.878. The fourth-order valence-electron chi connectivity index (χ4n) is 1.71. The highest BCUT2D eigenvalue weighted by atomic mass is 16.5. The van der Waals surface area contributed by atoms with Crippen LogP contribution in [0.15, 0.2) is 48.5 Å². The highest BCUT2D eigenvalue weighted by molar-refractivity contribution is 5.75. The maximum Gasteiger partial charge on any atom is 0.255 e. The van der Waals surface area contributed by atoms with E-state index in [9.17, 15) is 4.79 Å². The van der Waals surface area contributed by atoms with Gasteiger partial charge >= 0.3 is 0 Å². The lowest BCUT2D eigenvalue weighted by Crippen LogP contribution is -2.19. The van der Waals surface area contributed by atoms with Gasteiger partial charge in [-0.25, -0.2) is 0 Å². The Morgan fingerprint density at radius 3 is 2.52 bits per heavy atom. The van der Waals surface area contributed by atoms with Gasteiger partial charge in [0.1, 0.15) is 18.1 Å². The summed E-state index contributed by atoms with van der Waals surface area (Å²) in [6, 6.07) is 16.2. The lowest BCUT2D eigenvalue weighted by molar-refractivity contribution is -0.119. The summed E-state index contributed by atoms with van der Waals surface area (Å²) >= 11 is 0. The number of carbonyl (C=O) groups is 1. The molecule has 0 fully saturated rings. The summed E-state index contributed by atoms with van der Waals surface area (Å²) in [5.74, 6) is 0.589. The van der Waals surface area contributed by atoms with Crippen molar-refractivity contribution in [1.29, 1.82) is 5.26 Å². The molecule has 0 spiro atoms. The molecule has 0 saturated heterocycles. The van der Waals surface area contributed by atoms with Crippen molar-refractivity contribution in [2.45, 2.75) is 6.61 Å². The predicted molar refractivity (Wildman–Crippen MR) is 76.6 cm³/mol. The van der Waals surface area contributed by atoms with Gasteiger partial charge in [-0.05, 0) is 29.8 Å². The number of hydrogen-bond acceptors (Lipinski definition) is 4. The summed E-state index contributed by atoms with van der Waals surface area (Å²) in [7, 11) is 0. The number of ether oxygens (including phenoxy) is 2. The lowest BCUT2D eigenvalue weighted by atomic mass is 10.1. The van der Waals surface area contributed by atoms with Crippen LogP contribution in [0, 0.1) is 11.3 Å². The van der Waals surface area contributed by atoms with Gasteiger partial charge in [0.15, 0.2) is 6.61 Å². The fraction of sp³-hybridized carbons (Fsp3) is 0.125. The average molecular weight is 282 g/mol. The Labute approximate surface area is 122 Å². The normalized spacial score (nSPS) is 9.67. The first-order valence-electron chi connectivity index (χ1n) is 6.30. The monoisotopic (exact) mass is 282 g/mol. The van der Waals surface area contributed by atoms with E-state index < -0.39 is 5.91 Å². The Hall–Kier alpha value is -3.00. The summed E-state index contributed by atoms with van der Waals surface area (Å²) < 4.78 is 10.8. The van der Waals surface area contributed by atoms with Gasteiger partial charge in [-0.3, -0.25) is 4.79 Å². The van der Waals surface area contributed by atoms with Gasteiger partial charge in [0.05, 0.1) is 11.6 Å². The molecule has 0 aromatic heterocycles. The highest BCUT2D eigenvalue weighted by Crippen LogP contribution is 2.20. The zero-order valence-corrected chi connectivity index (χ0v) is 11.3. The zero-order chi connectivity index (χ0) is 15.1. The molecule has 5 nitrogen and oxygen atoms in total.